The van der Waals surface area contributed by atoms with Crippen molar-refractivity contribution in [3.05, 3.63) is 29.6 Å². The third kappa shape index (κ3) is 5.58. The molecule has 0 saturated heterocycles. The molecule has 108 valence electrons. The van der Waals surface area contributed by atoms with Crippen LogP contribution >= 0.6 is 0 Å². The number of anilines is 1. The van der Waals surface area contributed by atoms with Crippen LogP contribution in [0.25, 0.3) is 0 Å². The smallest absolute Gasteiger partial charge is 0.384 e. The van der Waals surface area contributed by atoms with Gasteiger partial charge in [-0.2, -0.15) is 13.2 Å². The summed E-state index contributed by atoms with van der Waals surface area (Å²) in [6, 6.07) is 2.24. The standard InChI is InChI=1S/C12H10F4N2O2/c13-10-4-3-9(6-8(10)2-1-5-19)18-11(20)17-7-12(14,15)16/h3-4,6,19H,5,7H2,(H2,17,18,20). The van der Waals surface area contributed by atoms with Crippen molar-refractivity contribution in [2.24, 2.45) is 0 Å². The summed E-state index contributed by atoms with van der Waals surface area (Å²) in [6.45, 7) is -1.94. The first-order chi connectivity index (χ1) is 9.31. The first-order valence-corrected chi connectivity index (χ1v) is 5.32. The number of halogens is 4. The number of hydrogen-bond acceptors (Lipinski definition) is 2. The summed E-state index contributed by atoms with van der Waals surface area (Å²) in [5.74, 6) is 3.85. The van der Waals surface area contributed by atoms with Gasteiger partial charge in [-0.25, -0.2) is 9.18 Å². The van der Waals surface area contributed by atoms with Crippen LogP contribution in [-0.2, 0) is 0 Å². The van der Waals surface area contributed by atoms with E-state index in [0.717, 1.165) is 12.1 Å². The lowest BCUT2D eigenvalue weighted by molar-refractivity contribution is -0.122. The Balaban J connectivity index is 2.71. The van der Waals surface area contributed by atoms with E-state index in [0.29, 0.717) is 0 Å². The van der Waals surface area contributed by atoms with Crippen LogP contribution in [0.1, 0.15) is 5.56 Å². The predicted molar refractivity (Wildman–Crippen MR) is 63.4 cm³/mol. The van der Waals surface area contributed by atoms with Crippen molar-refractivity contribution in [2.75, 3.05) is 18.5 Å². The Labute approximate surface area is 111 Å². The second kappa shape index (κ2) is 6.77. The van der Waals surface area contributed by atoms with Gasteiger partial charge in [-0.1, -0.05) is 11.8 Å². The third-order valence-electron chi connectivity index (χ3n) is 1.98. The summed E-state index contributed by atoms with van der Waals surface area (Å²) in [6.07, 6.45) is -4.52. The molecule has 0 aliphatic heterocycles. The molecule has 0 fully saturated rings. The van der Waals surface area contributed by atoms with Crippen molar-refractivity contribution < 1.29 is 27.5 Å². The van der Waals surface area contributed by atoms with Crippen LogP contribution in [0.3, 0.4) is 0 Å². The van der Waals surface area contributed by atoms with E-state index in [1.165, 1.54) is 6.07 Å². The minimum atomic E-state index is -4.52. The number of carbonyl (C=O) groups excluding carboxylic acids is 1. The summed E-state index contributed by atoms with van der Waals surface area (Å²) >= 11 is 0. The molecule has 3 N–H and O–H groups in total. The van der Waals surface area contributed by atoms with Crippen molar-refractivity contribution in [1.82, 2.24) is 5.32 Å². The van der Waals surface area contributed by atoms with E-state index in [4.69, 9.17) is 5.11 Å². The Kier molecular flexibility index (Phi) is 5.34. The highest BCUT2D eigenvalue weighted by molar-refractivity contribution is 5.89. The summed E-state index contributed by atoms with van der Waals surface area (Å²) < 4.78 is 48.9. The highest BCUT2D eigenvalue weighted by Crippen LogP contribution is 2.15. The Morgan fingerprint density at radius 1 is 1.35 bits per heavy atom. The minimum Gasteiger partial charge on any atom is -0.384 e. The molecule has 0 radical (unpaired) electrons. The van der Waals surface area contributed by atoms with Gasteiger partial charge in [-0.05, 0) is 18.2 Å². The average molecular weight is 290 g/mol. The molecule has 0 aromatic heterocycles. The van der Waals surface area contributed by atoms with E-state index < -0.39 is 31.2 Å². The fraction of sp³-hybridized carbons (Fsp3) is 0.250. The Bertz CT molecular complexity index is 547. The fourth-order valence-corrected chi connectivity index (χ4v) is 1.19. The van der Waals surface area contributed by atoms with Crippen LogP contribution in [0.4, 0.5) is 28.0 Å². The van der Waals surface area contributed by atoms with Crippen molar-refractivity contribution >= 4 is 11.7 Å². The van der Waals surface area contributed by atoms with Crippen LogP contribution in [0, 0.1) is 17.7 Å². The molecule has 0 aliphatic rings. The molecule has 0 heterocycles. The molecule has 0 atom stereocenters. The zero-order valence-corrected chi connectivity index (χ0v) is 10.0. The Morgan fingerprint density at radius 2 is 2.05 bits per heavy atom. The maximum atomic E-state index is 13.3. The zero-order valence-electron chi connectivity index (χ0n) is 10.0. The van der Waals surface area contributed by atoms with Crippen LogP contribution in [-0.4, -0.2) is 30.5 Å². The highest BCUT2D eigenvalue weighted by atomic mass is 19.4. The van der Waals surface area contributed by atoms with Gasteiger partial charge < -0.3 is 15.7 Å². The van der Waals surface area contributed by atoms with Crippen molar-refractivity contribution in [2.45, 2.75) is 6.18 Å². The van der Waals surface area contributed by atoms with Crippen LogP contribution < -0.4 is 10.6 Å². The largest absolute Gasteiger partial charge is 0.405 e. The second-order valence-corrected chi connectivity index (χ2v) is 3.58. The highest BCUT2D eigenvalue weighted by Gasteiger charge is 2.27. The van der Waals surface area contributed by atoms with Gasteiger partial charge in [0, 0.05) is 5.69 Å². The van der Waals surface area contributed by atoms with Gasteiger partial charge in [0.2, 0.25) is 0 Å². The number of nitrogens with one attached hydrogen (secondary N) is 2. The lowest BCUT2D eigenvalue weighted by Crippen LogP contribution is -2.36. The summed E-state index contributed by atoms with van der Waals surface area (Å²) in [5, 5.41) is 12.2. The van der Waals surface area contributed by atoms with Gasteiger partial charge in [-0.15, -0.1) is 0 Å². The van der Waals surface area contributed by atoms with Crippen LogP contribution in [0.5, 0.6) is 0 Å². The molecular formula is C12H10F4N2O2. The molecule has 1 aromatic rings. The molecule has 0 bridgehead atoms. The number of amides is 2. The van der Waals surface area contributed by atoms with E-state index in [9.17, 15) is 22.4 Å². The third-order valence-corrected chi connectivity index (χ3v) is 1.98. The molecule has 1 rings (SSSR count). The zero-order chi connectivity index (χ0) is 15.2. The quantitative estimate of drug-likeness (QED) is 0.575. The summed E-state index contributed by atoms with van der Waals surface area (Å²) in [5.41, 5.74) is -0.0130. The van der Waals surface area contributed by atoms with Gasteiger partial charge in [-0.3, -0.25) is 0 Å². The molecule has 0 unspecified atom stereocenters. The number of aliphatic hydroxyl groups is 1. The van der Waals surface area contributed by atoms with E-state index in [-0.39, 0.29) is 11.3 Å². The molecule has 8 heteroatoms. The summed E-state index contributed by atoms with van der Waals surface area (Å²) in [4.78, 5) is 11.2. The first kappa shape index (κ1) is 15.8. The molecule has 0 aliphatic carbocycles. The molecular weight excluding hydrogens is 280 g/mol. The van der Waals surface area contributed by atoms with Gasteiger partial charge in [0.25, 0.3) is 0 Å². The van der Waals surface area contributed by atoms with E-state index in [2.05, 4.69) is 17.2 Å². The van der Waals surface area contributed by atoms with Crippen molar-refractivity contribution in [3.8, 4) is 11.8 Å². The number of rotatable bonds is 2. The molecule has 1 aromatic carbocycles. The second-order valence-electron chi connectivity index (χ2n) is 3.58. The number of urea groups is 1. The van der Waals surface area contributed by atoms with Gasteiger partial charge in [0.05, 0.1) is 5.56 Å². The van der Waals surface area contributed by atoms with E-state index >= 15 is 0 Å². The van der Waals surface area contributed by atoms with Crippen LogP contribution in [0.2, 0.25) is 0 Å². The topological polar surface area (TPSA) is 61.4 Å². The Hall–Kier alpha value is -2.27. The number of benzene rings is 1. The SMILES string of the molecule is O=C(NCC(F)(F)F)Nc1ccc(F)c(C#CCO)c1. The average Bonchev–Trinajstić information content (AvgIpc) is 2.36. The minimum absolute atomic E-state index is 0.0771. The maximum Gasteiger partial charge on any atom is 0.405 e. The number of aliphatic hydroxyl groups excluding tert-OH is 1. The maximum absolute atomic E-state index is 13.3. The number of alkyl halides is 3. The molecule has 0 saturated carbocycles. The summed E-state index contributed by atoms with van der Waals surface area (Å²) in [7, 11) is 0. The van der Waals surface area contributed by atoms with Gasteiger partial charge >= 0.3 is 12.2 Å². The first-order valence-electron chi connectivity index (χ1n) is 5.32. The van der Waals surface area contributed by atoms with E-state index in [1.54, 1.807) is 5.32 Å². The fourth-order valence-electron chi connectivity index (χ4n) is 1.19. The van der Waals surface area contributed by atoms with Crippen molar-refractivity contribution in [3.63, 3.8) is 0 Å². The molecule has 20 heavy (non-hydrogen) atoms. The molecule has 4 nitrogen and oxygen atoms in total. The predicted octanol–water partition coefficient (Wildman–Crippen LogP) is 1.85. The van der Waals surface area contributed by atoms with Crippen molar-refractivity contribution in [1.29, 1.82) is 0 Å². The Morgan fingerprint density at radius 3 is 2.65 bits per heavy atom. The van der Waals surface area contributed by atoms with E-state index in [1.807, 2.05) is 0 Å². The lowest BCUT2D eigenvalue weighted by atomic mass is 10.2. The monoisotopic (exact) mass is 290 g/mol. The lowest BCUT2D eigenvalue weighted by Gasteiger charge is -2.10. The van der Waals surface area contributed by atoms with Crippen LogP contribution in [0.15, 0.2) is 18.2 Å². The molecule has 0 spiro atoms. The normalized spacial score (nSPS) is 10.4. The number of hydrogen-bond donors (Lipinski definition) is 3. The van der Waals surface area contributed by atoms with Gasteiger partial charge in [0.1, 0.15) is 19.0 Å². The molecule has 2 amide bonds. The van der Waals surface area contributed by atoms with Gasteiger partial charge in [0.15, 0.2) is 0 Å². The number of carbonyl (C=O) groups is 1.